The molecule has 4 rings (SSSR count). The fraction of sp³-hybridized carbons (Fsp3) is 0.345. The first kappa shape index (κ1) is 25.9. The van der Waals surface area contributed by atoms with Crippen molar-refractivity contribution >= 4 is 17.6 Å². The maximum absolute atomic E-state index is 11.6. The molecule has 0 saturated heterocycles. The molecule has 1 aliphatic rings. The van der Waals surface area contributed by atoms with E-state index in [-0.39, 0.29) is 18.0 Å². The Morgan fingerprint density at radius 3 is 2.56 bits per heavy atom. The molecule has 0 radical (unpaired) electrons. The summed E-state index contributed by atoms with van der Waals surface area (Å²) in [5.41, 5.74) is 6.67. The zero-order valence-corrected chi connectivity index (χ0v) is 21.6. The first-order valence-electron chi connectivity index (χ1n) is 11.9. The fourth-order valence-electron chi connectivity index (χ4n) is 4.52. The molecule has 3 aromatic rings. The van der Waals surface area contributed by atoms with Crippen molar-refractivity contribution in [3.05, 3.63) is 76.9 Å². The van der Waals surface area contributed by atoms with Crippen molar-refractivity contribution in [3.8, 4) is 28.4 Å². The van der Waals surface area contributed by atoms with Gasteiger partial charge in [-0.3, -0.25) is 4.79 Å². The van der Waals surface area contributed by atoms with Crippen molar-refractivity contribution in [1.82, 2.24) is 0 Å². The Hall–Kier alpha value is -3.22. The number of aryl methyl sites for hydroxylation is 2. The zero-order chi connectivity index (χ0) is 25.5. The van der Waals surface area contributed by atoms with Crippen molar-refractivity contribution in [2.24, 2.45) is 0 Å². The van der Waals surface area contributed by atoms with Gasteiger partial charge in [-0.05, 0) is 65.9 Å². The third kappa shape index (κ3) is 6.31. The predicted molar refractivity (Wildman–Crippen MR) is 139 cm³/mol. The molecule has 0 aliphatic carbocycles. The Balaban J connectivity index is 1.42. The number of carbonyl (C=O) groups excluding carboxylic acids is 1. The predicted octanol–water partition coefficient (Wildman–Crippen LogP) is 6.18. The summed E-state index contributed by atoms with van der Waals surface area (Å²) in [6.07, 6.45) is 0.310. The van der Waals surface area contributed by atoms with Crippen LogP contribution in [0.15, 0.2) is 54.6 Å². The van der Waals surface area contributed by atoms with E-state index in [1.165, 1.54) is 12.7 Å². The van der Waals surface area contributed by atoms with Crippen LogP contribution in [-0.2, 0) is 20.9 Å². The molecule has 190 valence electrons. The summed E-state index contributed by atoms with van der Waals surface area (Å²) >= 11 is 5.53. The van der Waals surface area contributed by atoms with Crippen LogP contribution in [-0.4, -0.2) is 39.0 Å². The average molecular weight is 511 g/mol. The number of methoxy groups -OCH3 is 1. The van der Waals surface area contributed by atoms with E-state index in [0.717, 1.165) is 45.1 Å². The summed E-state index contributed by atoms with van der Waals surface area (Å²) in [5, 5.41) is 0. The van der Waals surface area contributed by atoms with Gasteiger partial charge in [0.25, 0.3) is 0 Å². The van der Waals surface area contributed by atoms with Crippen LogP contribution in [0.4, 0.5) is 0 Å². The molecule has 0 fully saturated rings. The molecule has 0 N–H and O–H groups in total. The number of halogens is 1. The second kappa shape index (κ2) is 12.2. The molecule has 7 heteroatoms. The number of carbonyl (C=O) groups is 1. The fourth-order valence-corrected chi connectivity index (χ4v) is 4.63. The van der Waals surface area contributed by atoms with Gasteiger partial charge in [0.15, 0.2) is 0 Å². The Kier molecular flexibility index (Phi) is 8.73. The smallest absolute Gasteiger partial charge is 0.306 e. The van der Waals surface area contributed by atoms with Gasteiger partial charge in [0.1, 0.15) is 36.5 Å². The largest absolute Gasteiger partial charge is 0.492 e. The van der Waals surface area contributed by atoms with E-state index in [1.807, 2.05) is 36.4 Å². The van der Waals surface area contributed by atoms with E-state index in [4.69, 9.17) is 35.3 Å². The molecule has 0 bridgehead atoms. The number of ether oxygens (including phenoxy) is 5. The number of esters is 1. The molecule has 3 aromatic carbocycles. The molecule has 1 unspecified atom stereocenters. The van der Waals surface area contributed by atoms with E-state index < -0.39 is 0 Å². The average Bonchev–Trinajstić information content (AvgIpc) is 3.27. The lowest BCUT2D eigenvalue weighted by Gasteiger charge is -2.15. The molecule has 0 aromatic heterocycles. The molecule has 0 spiro atoms. The second-order valence-electron chi connectivity index (χ2n) is 8.77. The van der Waals surface area contributed by atoms with Gasteiger partial charge in [-0.2, -0.15) is 0 Å². The highest BCUT2D eigenvalue weighted by Crippen LogP contribution is 2.38. The van der Waals surface area contributed by atoms with Crippen LogP contribution in [0.1, 0.15) is 34.6 Å². The maximum atomic E-state index is 11.6. The van der Waals surface area contributed by atoms with Crippen LogP contribution < -0.4 is 14.2 Å². The Labute approximate surface area is 217 Å². The summed E-state index contributed by atoms with van der Waals surface area (Å²) in [5.74, 6) is 2.09. The van der Waals surface area contributed by atoms with E-state index in [1.54, 1.807) is 0 Å². The highest BCUT2D eigenvalue weighted by atomic mass is 35.5. The number of hydrogen-bond acceptors (Lipinski definition) is 6. The van der Waals surface area contributed by atoms with Crippen molar-refractivity contribution in [2.45, 2.75) is 32.8 Å². The molecular formula is C29H31ClO6. The lowest BCUT2D eigenvalue weighted by atomic mass is 9.94. The van der Waals surface area contributed by atoms with Gasteiger partial charge in [0.2, 0.25) is 0 Å². The van der Waals surface area contributed by atoms with Crippen molar-refractivity contribution in [3.63, 3.8) is 0 Å². The summed E-state index contributed by atoms with van der Waals surface area (Å²) < 4.78 is 27.6. The molecule has 1 heterocycles. The minimum atomic E-state index is -0.235. The van der Waals surface area contributed by atoms with Crippen LogP contribution in [0, 0.1) is 13.8 Å². The summed E-state index contributed by atoms with van der Waals surface area (Å²) in [6.45, 7) is 5.99. The number of rotatable bonds is 11. The molecular weight excluding hydrogens is 480 g/mol. The molecule has 1 atom stereocenters. The Morgan fingerprint density at radius 1 is 1.00 bits per heavy atom. The maximum Gasteiger partial charge on any atom is 0.306 e. The monoisotopic (exact) mass is 510 g/mol. The van der Waals surface area contributed by atoms with Gasteiger partial charge in [-0.1, -0.05) is 35.9 Å². The molecule has 6 nitrogen and oxygen atoms in total. The van der Waals surface area contributed by atoms with Gasteiger partial charge >= 0.3 is 5.97 Å². The van der Waals surface area contributed by atoms with E-state index >= 15 is 0 Å². The summed E-state index contributed by atoms with van der Waals surface area (Å²) in [7, 11) is 1.40. The lowest BCUT2D eigenvalue weighted by molar-refractivity contribution is -0.141. The number of alkyl halides is 1. The van der Waals surface area contributed by atoms with Crippen LogP contribution in [0.5, 0.6) is 17.2 Å². The summed E-state index contributed by atoms with van der Waals surface area (Å²) in [6, 6.07) is 18.4. The third-order valence-electron chi connectivity index (χ3n) is 6.21. The number of hydrogen-bond donors (Lipinski definition) is 0. The zero-order valence-electron chi connectivity index (χ0n) is 20.8. The van der Waals surface area contributed by atoms with Crippen LogP contribution in [0.25, 0.3) is 11.1 Å². The number of benzene rings is 3. The van der Waals surface area contributed by atoms with Gasteiger partial charge in [0.05, 0.1) is 26.7 Å². The highest BCUT2D eigenvalue weighted by molar-refractivity contribution is 6.17. The normalized spacial score (nSPS) is 14.2. The number of fused-ring (bicyclic) bond motifs is 1. The van der Waals surface area contributed by atoms with Gasteiger partial charge in [-0.25, -0.2) is 0 Å². The Bertz CT molecular complexity index is 1190. The van der Waals surface area contributed by atoms with E-state index in [9.17, 15) is 4.79 Å². The highest BCUT2D eigenvalue weighted by Gasteiger charge is 2.27. The van der Waals surface area contributed by atoms with Crippen LogP contribution >= 0.6 is 11.6 Å². The van der Waals surface area contributed by atoms with Crippen molar-refractivity contribution in [1.29, 1.82) is 0 Å². The van der Waals surface area contributed by atoms with Gasteiger partial charge < -0.3 is 23.7 Å². The minimum Gasteiger partial charge on any atom is -0.492 e. The van der Waals surface area contributed by atoms with Crippen molar-refractivity contribution in [2.75, 3.05) is 33.0 Å². The lowest BCUT2D eigenvalue weighted by Crippen LogP contribution is -2.09. The second-order valence-corrected chi connectivity index (χ2v) is 8.99. The standard InChI is InChI=1S/C29H31ClO6/c1-19-11-25(34-10-9-33-18-30)12-20(2)29(19)22-6-4-5-21(13-22)16-35-24-7-8-26-23(14-28(31)32-3)17-36-27(26)15-24/h4-8,11-13,15,23H,9-10,14,16-18H2,1-3H3. The van der Waals surface area contributed by atoms with E-state index in [0.29, 0.717) is 32.8 Å². The topological polar surface area (TPSA) is 63.2 Å². The van der Waals surface area contributed by atoms with Gasteiger partial charge in [0, 0.05) is 17.5 Å². The quantitative estimate of drug-likeness (QED) is 0.174. The van der Waals surface area contributed by atoms with Crippen LogP contribution in [0.2, 0.25) is 0 Å². The minimum absolute atomic E-state index is 0.0143. The van der Waals surface area contributed by atoms with Crippen LogP contribution in [0.3, 0.4) is 0 Å². The molecule has 1 aliphatic heterocycles. The molecule has 36 heavy (non-hydrogen) atoms. The molecule has 0 amide bonds. The van der Waals surface area contributed by atoms with Crippen molar-refractivity contribution < 1.29 is 28.5 Å². The third-order valence-corrected chi connectivity index (χ3v) is 6.36. The van der Waals surface area contributed by atoms with E-state index in [2.05, 4.69) is 32.0 Å². The first-order valence-corrected chi connectivity index (χ1v) is 12.5. The SMILES string of the molecule is COC(=O)CC1COc2cc(OCc3cccc(-c4c(C)cc(OCCOCCl)cc4C)c3)ccc21. The molecule has 0 saturated carbocycles. The Morgan fingerprint density at radius 2 is 1.81 bits per heavy atom. The summed E-state index contributed by atoms with van der Waals surface area (Å²) in [4.78, 5) is 11.6. The van der Waals surface area contributed by atoms with Gasteiger partial charge in [-0.15, -0.1) is 0 Å². The first-order chi connectivity index (χ1) is 17.5.